The lowest BCUT2D eigenvalue weighted by Crippen LogP contribution is -2.19. The van der Waals surface area contributed by atoms with Crippen LogP contribution in [0.25, 0.3) is 0 Å². The SMILES string of the molecule is CC.CC.CC.CC(C)(C)C.CC(C)C.CC1CC1.CC1CCC(C)(C)CC1.CC1CCCC1.CC1CCCCC1.CCC.CCC(C)(C)C.CCC(C)C.CCC(C)C.Cc1c(C(C)C)cc(C(C)C)cc1C(C)C.Cc1c(C(C)C)cccc1C(C)C.Cc1ccccc1. The Kier molecular flexibility index (Phi) is 83.1. The molecule has 0 heterocycles. The van der Waals surface area contributed by atoms with Crippen LogP contribution in [0.3, 0.4) is 0 Å². The molecule has 0 heteroatoms. The van der Waals surface area contributed by atoms with E-state index in [4.69, 9.17) is 0 Å². The summed E-state index contributed by atoms with van der Waals surface area (Å²) in [6.45, 7) is 97.2. The molecule has 0 aromatic heterocycles. The van der Waals surface area contributed by atoms with Gasteiger partial charge < -0.3 is 0 Å². The fourth-order valence-electron chi connectivity index (χ4n) is 8.92. The molecule has 7 rings (SSSR count). The fourth-order valence-corrected chi connectivity index (χ4v) is 8.92. The Morgan fingerprint density at radius 1 is 0.375 bits per heavy atom. The van der Waals surface area contributed by atoms with Crippen molar-refractivity contribution >= 4 is 0 Å². The minimum atomic E-state index is 0.500. The number of hydrogen-bond donors (Lipinski definition) is 0. The van der Waals surface area contributed by atoms with Gasteiger partial charge in [0.15, 0.2) is 0 Å². The average Bonchev–Trinajstić information content (AvgIpc) is 0.914. The van der Waals surface area contributed by atoms with Crippen molar-refractivity contribution in [2.24, 2.45) is 57.7 Å². The summed E-state index contributed by atoms with van der Waals surface area (Å²) >= 11 is 0. The summed E-state index contributed by atoms with van der Waals surface area (Å²) in [5, 5.41) is 0. The first-order valence-corrected chi connectivity index (χ1v) is 41.6. The van der Waals surface area contributed by atoms with Gasteiger partial charge in [0.05, 0.1) is 0 Å². The van der Waals surface area contributed by atoms with Crippen LogP contribution in [-0.2, 0) is 0 Å². The molecule has 0 aliphatic heterocycles. The molecule has 0 radical (unpaired) electrons. The predicted octanol–water partition coefficient (Wildman–Crippen LogP) is 35.8. The molecule has 0 atom stereocenters. The number of rotatable bonds is 7. The van der Waals surface area contributed by atoms with Gasteiger partial charge in [-0.05, 0) is 160 Å². The molecular weight excluding hydrogens is 1150 g/mol. The Morgan fingerprint density at radius 3 is 0.771 bits per heavy atom. The Labute approximate surface area is 615 Å². The van der Waals surface area contributed by atoms with Gasteiger partial charge in [-0.1, -0.05) is 459 Å². The van der Waals surface area contributed by atoms with Crippen LogP contribution in [0.1, 0.15) is 480 Å². The van der Waals surface area contributed by atoms with Crippen LogP contribution in [0.4, 0.5) is 0 Å². The van der Waals surface area contributed by atoms with Crippen molar-refractivity contribution in [1.82, 2.24) is 0 Å². The summed E-state index contributed by atoms with van der Waals surface area (Å²) in [4.78, 5) is 0. The van der Waals surface area contributed by atoms with Crippen molar-refractivity contribution < 1.29 is 0 Å². The van der Waals surface area contributed by atoms with E-state index in [1.54, 1.807) is 0 Å². The van der Waals surface area contributed by atoms with Crippen molar-refractivity contribution in [2.75, 3.05) is 0 Å². The minimum Gasteiger partial charge on any atom is -0.0683 e. The number of aryl methyl sites for hydroxylation is 1. The van der Waals surface area contributed by atoms with Crippen LogP contribution in [0.15, 0.2) is 60.7 Å². The van der Waals surface area contributed by atoms with Crippen LogP contribution in [0.2, 0.25) is 0 Å². The van der Waals surface area contributed by atoms with E-state index in [1.165, 1.54) is 167 Å². The Hall–Kier alpha value is -2.34. The number of hydrogen-bond acceptors (Lipinski definition) is 0. The van der Waals surface area contributed by atoms with Crippen molar-refractivity contribution in [1.29, 1.82) is 0 Å². The molecule has 96 heavy (non-hydrogen) atoms. The van der Waals surface area contributed by atoms with E-state index in [0.29, 0.717) is 45.8 Å². The van der Waals surface area contributed by atoms with Crippen molar-refractivity contribution in [3.8, 4) is 0 Å². The van der Waals surface area contributed by atoms with Gasteiger partial charge in [-0.15, -0.1) is 0 Å². The topological polar surface area (TPSA) is 0 Å². The molecule has 4 saturated carbocycles. The zero-order chi connectivity index (χ0) is 77.6. The maximum absolute atomic E-state index is 2.40. The fraction of sp³-hybridized carbons (Fsp3) is 0.812. The normalized spacial score (nSPS) is 14.5. The van der Waals surface area contributed by atoms with Crippen LogP contribution in [-0.4, -0.2) is 0 Å². The molecule has 0 amide bonds. The maximum atomic E-state index is 2.40. The van der Waals surface area contributed by atoms with E-state index < -0.39 is 0 Å². The second-order valence-electron chi connectivity index (χ2n) is 34.9. The zero-order valence-corrected chi connectivity index (χ0v) is 75.6. The highest BCUT2D eigenvalue weighted by Gasteiger charge is 2.24. The van der Waals surface area contributed by atoms with Crippen LogP contribution >= 0.6 is 0 Å². The third-order valence-corrected chi connectivity index (χ3v) is 16.7. The van der Waals surface area contributed by atoms with Gasteiger partial charge in [0.1, 0.15) is 0 Å². The van der Waals surface area contributed by atoms with E-state index in [0.717, 1.165) is 41.4 Å². The van der Waals surface area contributed by atoms with Gasteiger partial charge in [-0.2, -0.15) is 0 Å². The van der Waals surface area contributed by atoms with E-state index in [9.17, 15) is 0 Å². The molecule has 576 valence electrons. The minimum absolute atomic E-state index is 0.500. The summed E-state index contributed by atoms with van der Waals surface area (Å²) in [6.07, 6.45) is 27.3. The van der Waals surface area contributed by atoms with Gasteiger partial charge in [0, 0.05) is 0 Å². The first-order valence-electron chi connectivity index (χ1n) is 41.6. The first-order chi connectivity index (χ1) is 44.3. The Bertz CT molecular complexity index is 1870. The standard InChI is InChI=1S/C16H26.C13H20.C9H18.C7H14.C7H8.C6H12.C6H14.3C5H12.C4H8.C4H10.C3H8.3C2H6/c1-10(2)14-8-15(11(3)4)13(7)16(9-14)12(5)6;1-9(2)12-7-6-8-13(10(3)4)11(12)5;1-8-4-6-9(2,3)7-5-8;2*1-7-5-3-2-4-6-7;1-6-4-2-3-5-6;1-5-6(2,3)4;1-5(2,3)4;2*1-4-5(2)3;1-4-2-3-4;1-4(2)3;1-3-2;3*1-2/h8-12H,1-7H3;6-10H,1-5H3;8H,4-7H2,1-3H3;7H,2-6H2,1H3;2-6H,1H3;6H,2-5H2,1H3;5H2,1-4H3;1-4H3;2*5H,4H2,1-3H3;4H,2-3H2,1H3;4H,1-3H3;3H2,1-2H3;3*1-2H3. The second kappa shape index (κ2) is 71.1. The summed E-state index contributed by atoms with van der Waals surface area (Å²) in [5.41, 5.74) is 13.5. The molecule has 0 N–H and O–H groups in total. The Morgan fingerprint density at radius 2 is 0.615 bits per heavy atom. The highest BCUT2D eigenvalue weighted by atomic mass is 14.3. The van der Waals surface area contributed by atoms with E-state index in [2.05, 4.69) is 306 Å². The van der Waals surface area contributed by atoms with Crippen LogP contribution < -0.4 is 0 Å². The average molecular weight is 1350 g/mol. The highest BCUT2D eigenvalue weighted by molar-refractivity contribution is 5.42. The Balaban J connectivity index is -0.000000124. The van der Waals surface area contributed by atoms with Gasteiger partial charge in [0.2, 0.25) is 0 Å². The lowest BCUT2D eigenvalue weighted by Gasteiger charge is -2.32. The molecule has 0 nitrogen and oxygen atoms in total. The largest absolute Gasteiger partial charge is 0.0683 e. The van der Waals surface area contributed by atoms with Crippen LogP contribution in [0, 0.1) is 78.4 Å². The van der Waals surface area contributed by atoms with Crippen LogP contribution in [0.5, 0.6) is 0 Å². The van der Waals surface area contributed by atoms with E-state index in [-0.39, 0.29) is 0 Å². The highest BCUT2D eigenvalue weighted by Crippen LogP contribution is 2.38. The van der Waals surface area contributed by atoms with E-state index >= 15 is 0 Å². The maximum Gasteiger partial charge on any atom is -0.0216 e. The first kappa shape index (κ1) is 112. The van der Waals surface area contributed by atoms with Gasteiger partial charge in [-0.3, -0.25) is 0 Å². The molecule has 0 unspecified atom stereocenters. The zero-order valence-electron chi connectivity index (χ0n) is 75.6. The summed E-state index contributed by atoms with van der Waals surface area (Å²) < 4.78 is 0. The van der Waals surface area contributed by atoms with Gasteiger partial charge >= 0.3 is 0 Å². The molecule has 3 aromatic rings. The molecule has 0 bridgehead atoms. The van der Waals surface area contributed by atoms with Crippen molar-refractivity contribution in [2.45, 2.75) is 456 Å². The lowest BCUT2D eigenvalue weighted by atomic mass is 9.74. The summed E-state index contributed by atoms with van der Waals surface area (Å²) in [6, 6.07) is 21.7. The third-order valence-electron chi connectivity index (χ3n) is 16.7. The molecule has 0 spiro atoms. The summed E-state index contributed by atoms with van der Waals surface area (Å²) in [7, 11) is 0. The van der Waals surface area contributed by atoms with Gasteiger partial charge in [-0.25, -0.2) is 0 Å². The molecular formula is C96H192. The lowest BCUT2D eigenvalue weighted by molar-refractivity contribution is 0.201. The third kappa shape index (κ3) is 87.7. The van der Waals surface area contributed by atoms with Gasteiger partial charge in [0.25, 0.3) is 0 Å². The smallest absolute Gasteiger partial charge is 0.0216 e. The molecule has 4 aliphatic rings. The predicted molar refractivity (Wildman–Crippen MR) is 459 cm³/mol. The van der Waals surface area contributed by atoms with Crippen molar-refractivity contribution in [3.05, 3.63) is 105 Å². The molecule has 3 aromatic carbocycles. The second-order valence-corrected chi connectivity index (χ2v) is 34.9. The summed E-state index contributed by atoms with van der Waals surface area (Å²) in [5.74, 6) is 9.90. The quantitative estimate of drug-likeness (QED) is 0.221. The molecule has 4 aliphatic carbocycles. The monoisotopic (exact) mass is 1350 g/mol. The molecule has 4 fully saturated rings. The number of benzene rings is 3. The van der Waals surface area contributed by atoms with Crippen molar-refractivity contribution in [3.63, 3.8) is 0 Å². The van der Waals surface area contributed by atoms with E-state index in [1.807, 2.05) is 59.7 Å². The molecule has 0 saturated heterocycles.